The Morgan fingerprint density at radius 1 is 1.55 bits per heavy atom. The molecule has 0 fully saturated rings. The lowest BCUT2D eigenvalue weighted by molar-refractivity contribution is 0.810. The van der Waals surface area contributed by atoms with Crippen molar-refractivity contribution in [2.75, 3.05) is 0 Å². The monoisotopic (exact) mass is 236 g/mol. The first-order valence-corrected chi connectivity index (χ1v) is 3.86. The summed E-state index contributed by atoms with van der Waals surface area (Å²) in [6, 6.07) is 3.92. The molecule has 2 nitrogen and oxygen atoms in total. The van der Waals surface area contributed by atoms with Crippen LogP contribution >= 0.6 is 28.3 Å². The Balaban J connectivity index is 0.000001000. The summed E-state index contributed by atoms with van der Waals surface area (Å²) in [5, 5.41) is 0. The van der Waals surface area contributed by atoms with Gasteiger partial charge in [0.15, 0.2) is 0 Å². The van der Waals surface area contributed by atoms with Crippen molar-refractivity contribution >= 4 is 28.3 Å². The summed E-state index contributed by atoms with van der Waals surface area (Å²) >= 11 is 3.24. The number of pyridine rings is 1. The second kappa shape index (κ2) is 4.70. The van der Waals surface area contributed by atoms with Crippen molar-refractivity contribution in [3.8, 4) is 0 Å². The van der Waals surface area contributed by atoms with Crippen LogP contribution < -0.4 is 5.73 Å². The molecule has 62 valence electrons. The van der Waals surface area contributed by atoms with Crippen LogP contribution in [0.15, 0.2) is 22.9 Å². The highest BCUT2D eigenvalue weighted by Gasteiger charge is 1.97. The Hall–Kier alpha value is -0.120. The lowest BCUT2D eigenvalue weighted by atomic mass is 10.2. The van der Waals surface area contributed by atoms with Crippen LogP contribution in [0.4, 0.5) is 0 Å². The predicted molar refractivity (Wildman–Crippen MR) is 51.8 cm³/mol. The van der Waals surface area contributed by atoms with E-state index in [1.807, 2.05) is 19.1 Å². The van der Waals surface area contributed by atoms with Gasteiger partial charge in [0.05, 0.1) is 0 Å². The van der Waals surface area contributed by atoms with Gasteiger partial charge in [0, 0.05) is 12.2 Å². The highest BCUT2D eigenvalue weighted by Crippen LogP contribution is 2.10. The van der Waals surface area contributed by atoms with Crippen molar-refractivity contribution in [3.63, 3.8) is 0 Å². The van der Waals surface area contributed by atoms with E-state index in [-0.39, 0.29) is 18.4 Å². The lowest BCUT2D eigenvalue weighted by Crippen LogP contribution is -2.04. The van der Waals surface area contributed by atoms with Crippen LogP contribution in [0.2, 0.25) is 0 Å². The molecule has 1 atom stereocenters. The number of aromatic nitrogens is 1. The van der Waals surface area contributed by atoms with Crippen molar-refractivity contribution < 1.29 is 0 Å². The van der Waals surface area contributed by atoms with Gasteiger partial charge < -0.3 is 5.73 Å². The normalized spacial score (nSPS) is 11.9. The fraction of sp³-hybridized carbons (Fsp3) is 0.286. The molecule has 0 aliphatic rings. The Morgan fingerprint density at radius 3 is 2.55 bits per heavy atom. The summed E-state index contributed by atoms with van der Waals surface area (Å²) in [6.45, 7) is 1.94. The van der Waals surface area contributed by atoms with Crippen molar-refractivity contribution in [3.05, 3.63) is 28.5 Å². The average molecular weight is 238 g/mol. The van der Waals surface area contributed by atoms with Crippen LogP contribution in [0.5, 0.6) is 0 Å². The minimum Gasteiger partial charge on any atom is -0.324 e. The molecule has 1 rings (SSSR count). The molecule has 2 N–H and O–H groups in total. The molecule has 0 saturated heterocycles. The summed E-state index contributed by atoms with van der Waals surface area (Å²) in [4.78, 5) is 4.04. The molecule has 0 amide bonds. The molecule has 0 aromatic carbocycles. The molecule has 1 aromatic rings. The van der Waals surface area contributed by atoms with Gasteiger partial charge in [-0.2, -0.15) is 0 Å². The Labute approximate surface area is 80.7 Å². The quantitative estimate of drug-likeness (QED) is 0.761. The number of nitrogens with zero attached hydrogens (tertiary/aromatic N) is 1. The van der Waals surface area contributed by atoms with Gasteiger partial charge in [-0.25, -0.2) is 4.98 Å². The van der Waals surface area contributed by atoms with Crippen LogP contribution in [0.25, 0.3) is 0 Å². The third kappa shape index (κ3) is 3.18. The molecule has 1 aromatic heterocycles. The first-order chi connectivity index (χ1) is 4.70. The van der Waals surface area contributed by atoms with Crippen LogP contribution in [0.1, 0.15) is 18.5 Å². The standard InChI is InChI=1S/C7H9BrN2.ClH/c1-5(9)6-2-3-7(8)10-4-6;/h2-5H,9H2,1H3;1H/t5-;/m0./s1. The number of rotatable bonds is 1. The summed E-state index contributed by atoms with van der Waals surface area (Å²) < 4.78 is 0.844. The van der Waals surface area contributed by atoms with Crippen LogP contribution in [-0.4, -0.2) is 4.98 Å². The Morgan fingerprint density at radius 2 is 2.18 bits per heavy atom. The summed E-state index contributed by atoms with van der Waals surface area (Å²) in [7, 11) is 0. The summed E-state index contributed by atoms with van der Waals surface area (Å²) in [5.41, 5.74) is 6.67. The van der Waals surface area contributed by atoms with Gasteiger partial charge in [0.1, 0.15) is 4.60 Å². The third-order valence-electron chi connectivity index (χ3n) is 1.28. The van der Waals surface area contributed by atoms with Gasteiger partial charge in [-0.1, -0.05) is 6.07 Å². The second-order valence-corrected chi connectivity index (χ2v) is 3.02. The van der Waals surface area contributed by atoms with Gasteiger partial charge in [-0.3, -0.25) is 0 Å². The highest BCUT2D eigenvalue weighted by molar-refractivity contribution is 9.10. The molecule has 0 aliphatic carbocycles. The largest absolute Gasteiger partial charge is 0.324 e. The van der Waals surface area contributed by atoms with Crippen LogP contribution in [0.3, 0.4) is 0 Å². The van der Waals surface area contributed by atoms with Crippen LogP contribution in [0, 0.1) is 0 Å². The maximum Gasteiger partial charge on any atom is 0.106 e. The van der Waals surface area contributed by atoms with E-state index in [2.05, 4.69) is 20.9 Å². The highest BCUT2D eigenvalue weighted by atomic mass is 79.9. The van der Waals surface area contributed by atoms with Crippen molar-refractivity contribution in [2.45, 2.75) is 13.0 Å². The maximum atomic E-state index is 5.61. The molecule has 11 heavy (non-hydrogen) atoms. The predicted octanol–water partition coefficient (Wildman–Crippen LogP) is 2.29. The maximum absolute atomic E-state index is 5.61. The number of halogens is 2. The van der Waals surface area contributed by atoms with Gasteiger partial charge in [-0.05, 0) is 34.5 Å². The van der Waals surface area contributed by atoms with E-state index in [1.54, 1.807) is 6.20 Å². The first-order valence-electron chi connectivity index (χ1n) is 3.07. The zero-order valence-electron chi connectivity index (χ0n) is 6.12. The third-order valence-corrected chi connectivity index (χ3v) is 1.75. The zero-order chi connectivity index (χ0) is 7.56. The fourth-order valence-corrected chi connectivity index (χ4v) is 0.891. The SMILES string of the molecule is C[C@H](N)c1ccc(Br)nc1.Cl. The van der Waals surface area contributed by atoms with E-state index >= 15 is 0 Å². The van der Waals surface area contributed by atoms with E-state index in [4.69, 9.17) is 5.73 Å². The van der Waals surface area contributed by atoms with Gasteiger partial charge in [0.25, 0.3) is 0 Å². The van der Waals surface area contributed by atoms with Gasteiger partial charge in [-0.15, -0.1) is 12.4 Å². The van der Waals surface area contributed by atoms with Crippen LogP contribution in [-0.2, 0) is 0 Å². The molecule has 0 spiro atoms. The van der Waals surface area contributed by atoms with E-state index in [0.717, 1.165) is 10.2 Å². The molecule has 4 heteroatoms. The Bertz CT molecular complexity index is 210. The minimum atomic E-state index is 0. The zero-order valence-corrected chi connectivity index (χ0v) is 8.52. The lowest BCUT2D eigenvalue weighted by Gasteiger charge is -2.02. The van der Waals surface area contributed by atoms with E-state index in [9.17, 15) is 0 Å². The first kappa shape index (κ1) is 10.9. The second-order valence-electron chi connectivity index (χ2n) is 2.20. The molecule has 0 unspecified atom stereocenters. The molecule has 1 heterocycles. The molecule has 0 saturated carbocycles. The van der Waals surface area contributed by atoms with Crippen molar-refractivity contribution in [1.29, 1.82) is 0 Å². The van der Waals surface area contributed by atoms with Gasteiger partial charge in [0.2, 0.25) is 0 Å². The molecule has 0 aliphatic heterocycles. The number of nitrogens with two attached hydrogens (primary N) is 1. The van der Waals surface area contributed by atoms with E-state index in [1.165, 1.54) is 0 Å². The number of hydrogen-bond donors (Lipinski definition) is 1. The smallest absolute Gasteiger partial charge is 0.106 e. The molecule has 0 bridgehead atoms. The van der Waals surface area contributed by atoms with E-state index in [0.29, 0.717) is 0 Å². The molecular formula is C7H10BrClN2. The molecular weight excluding hydrogens is 227 g/mol. The summed E-state index contributed by atoms with van der Waals surface area (Å²) in [6.07, 6.45) is 1.77. The fourth-order valence-electron chi connectivity index (χ4n) is 0.657. The van der Waals surface area contributed by atoms with Crippen molar-refractivity contribution in [2.24, 2.45) is 5.73 Å². The van der Waals surface area contributed by atoms with Crippen molar-refractivity contribution in [1.82, 2.24) is 4.98 Å². The minimum absolute atomic E-state index is 0. The van der Waals surface area contributed by atoms with E-state index < -0.39 is 0 Å². The summed E-state index contributed by atoms with van der Waals surface area (Å²) in [5.74, 6) is 0. The van der Waals surface area contributed by atoms with Gasteiger partial charge >= 0.3 is 0 Å². The Kier molecular flexibility index (Phi) is 4.65. The molecule has 0 radical (unpaired) electrons. The average Bonchev–Trinajstić information content (AvgIpc) is 1.88. The topological polar surface area (TPSA) is 38.9 Å². The number of hydrogen-bond acceptors (Lipinski definition) is 2.